The summed E-state index contributed by atoms with van der Waals surface area (Å²) in [6.07, 6.45) is 0. The van der Waals surface area contributed by atoms with E-state index < -0.39 is 0 Å². The number of halogens is 2. The van der Waals surface area contributed by atoms with E-state index in [4.69, 9.17) is 34.3 Å². The number of benzene rings is 1. The van der Waals surface area contributed by atoms with Gasteiger partial charge in [-0.3, -0.25) is 5.41 Å². The average molecular weight is 232 g/mol. The van der Waals surface area contributed by atoms with Crippen LogP contribution in [0.25, 0.3) is 0 Å². The Hall–Kier alpha value is -0.930. The van der Waals surface area contributed by atoms with Crippen LogP contribution < -0.4 is 10.6 Å². The van der Waals surface area contributed by atoms with Crippen molar-refractivity contribution in [2.45, 2.75) is 6.92 Å². The minimum atomic E-state index is -0.0671. The van der Waals surface area contributed by atoms with E-state index in [1.165, 1.54) is 0 Å². The van der Waals surface area contributed by atoms with Crippen LogP contribution in [-0.4, -0.2) is 12.5 Å². The van der Waals surface area contributed by atoms with Gasteiger partial charge in [0, 0.05) is 6.54 Å². The van der Waals surface area contributed by atoms with E-state index in [0.29, 0.717) is 22.3 Å². The molecule has 0 heterocycles. The summed E-state index contributed by atoms with van der Waals surface area (Å²) >= 11 is 11.9. The molecule has 5 heteroatoms. The Morgan fingerprint density at radius 3 is 2.29 bits per heavy atom. The molecule has 0 aliphatic heterocycles. The first-order chi connectivity index (χ1) is 6.57. The topological polar surface area (TPSA) is 53.1 Å². The molecule has 0 bridgehead atoms. The molecular weight excluding hydrogens is 221 g/mol. The normalized spacial score (nSPS) is 9.93. The summed E-state index contributed by atoms with van der Waals surface area (Å²) in [6.45, 7) is 2.43. The molecule has 0 amide bonds. The van der Waals surface area contributed by atoms with Gasteiger partial charge in [-0.25, -0.2) is 0 Å². The van der Waals surface area contributed by atoms with E-state index in [2.05, 4.69) is 0 Å². The van der Waals surface area contributed by atoms with Gasteiger partial charge in [-0.2, -0.15) is 0 Å². The molecule has 0 radical (unpaired) electrons. The molecule has 76 valence electrons. The van der Waals surface area contributed by atoms with Crippen molar-refractivity contribution < 1.29 is 0 Å². The van der Waals surface area contributed by atoms with Gasteiger partial charge >= 0.3 is 0 Å². The minimum absolute atomic E-state index is 0.0671. The number of rotatable bonds is 2. The van der Waals surface area contributed by atoms with Crippen molar-refractivity contribution in [3.8, 4) is 0 Å². The summed E-state index contributed by atoms with van der Waals surface area (Å²) in [6, 6.07) is 5.19. The van der Waals surface area contributed by atoms with Crippen LogP contribution >= 0.6 is 23.2 Å². The van der Waals surface area contributed by atoms with Crippen molar-refractivity contribution in [1.82, 2.24) is 0 Å². The van der Waals surface area contributed by atoms with E-state index >= 15 is 0 Å². The van der Waals surface area contributed by atoms with Gasteiger partial charge < -0.3 is 10.6 Å². The summed E-state index contributed by atoms with van der Waals surface area (Å²) in [5, 5.41) is 8.36. The predicted molar refractivity (Wildman–Crippen MR) is 61.4 cm³/mol. The maximum Gasteiger partial charge on any atom is 0.193 e. The fraction of sp³-hybridized carbons (Fsp3) is 0.222. The Morgan fingerprint density at radius 2 is 1.93 bits per heavy atom. The first-order valence-corrected chi connectivity index (χ1v) is 4.89. The molecule has 1 aromatic carbocycles. The molecule has 0 aliphatic carbocycles. The van der Waals surface area contributed by atoms with Crippen LogP contribution in [0.5, 0.6) is 0 Å². The maximum absolute atomic E-state index is 7.37. The third-order valence-corrected chi connectivity index (χ3v) is 2.42. The number of anilines is 1. The van der Waals surface area contributed by atoms with Crippen LogP contribution in [0.3, 0.4) is 0 Å². The van der Waals surface area contributed by atoms with Crippen LogP contribution in [0.15, 0.2) is 18.2 Å². The second-order valence-electron chi connectivity index (χ2n) is 2.70. The number of guanidine groups is 1. The molecule has 0 aromatic heterocycles. The zero-order valence-corrected chi connectivity index (χ0v) is 9.23. The monoisotopic (exact) mass is 231 g/mol. The maximum atomic E-state index is 7.37. The van der Waals surface area contributed by atoms with Crippen molar-refractivity contribution in [2.24, 2.45) is 5.73 Å². The second kappa shape index (κ2) is 4.53. The number of nitrogens with zero attached hydrogens (tertiary/aromatic N) is 1. The highest BCUT2D eigenvalue weighted by atomic mass is 35.5. The van der Waals surface area contributed by atoms with Crippen molar-refractivity contribution in [3.05, 3.63) is 28.2 Å². The number of nitrogens with two attached hydrogens (primary N) is 1. The Labute approximate surface area is 92.9 Å². The average Bonchev–Trinajstić information content (AvgIpc) is 2.10. The molecule has 0 spiro atoms. The molecule has 0 aliphatic rings. The van der Waals surface area contributed by atoms with E-state index in [1.54, 1.807) is 23.1 Å². The standard InChI is InChI=1S/C9H11Cl2N3/c1-2-14(9(12)13)8-6(10)4-3-5-7(8)11/h3-5H,2H2,1H3,(H3,12,13). The fourth-order valence-corrected chi connectivity index (χ4v) is 1.80. The van der Waals surface area contributed by atoms with Gasteiger partial charge in [0.05, 0.1) is 15.7 Å². The third kappa shape index (κ3) is 2.11. The molecule has 0 saturated heterocycles. The number of hydrogen-bond donors (Lipinski definition) is 2. The highest BCUT2D eigenvalue weighted by Gasteiger charge is 2.14. The van der Waals surface area contributed by atoms with Gasteiger partial charge in [0.15, 0.2) is 5.96 Å². The predicted octanol–water partition coefficient (Wildman–Crippen LogP) is 2.71. The van der Waals surface area contributed by atoms with Gasteiger partial charge in [-0.15, -0.1) is 0 Å². The largest absolute Gasteiger partial charge is 0.370 e. The highest BCUT2D eigenvalue weighted by Crippen LogP contribution is 2.32. The zero-order valence-electron chi connectivity index (χ0n) is 7.72. The molecule has 0 unspecified atom stereocenters. The molecule has 1 rings (SSSR count). The van der Waals surface area contributed by atoms with E-state index in [0.717, 1.165) is 0 Å². The number of nitrogens with one attached hydrogen (secondary N) is 1. The van der Waals surface area contributed by atoms with Crippen LogP contribution in [-0.2, 0) is 0 Å². The molecule has 0 saturated carbocycles. The van der Waals surface area contributed by atoms with E-state index in [-0.39, 0.29) is 5.96 Å². The van der Waals surface area contributed by atoms with Crippen molar-refractivity contribution in [3.63, 3.8) is 0 Å². The second-order valence-corrected chi connectivity index (χ2v) is 3.51. The van der Waals surface area contributed by atoms with Crippen LogP contribution in [0.2, 0.25) is 10.0 Å². The first kappa shape index (κ1) is 11.1. The minimum Gasteiger partial charge on any atom is -0.370 e. The molecule has 0 atom stereocenters. The highest BCUT2D eigenvalue weighted by molar-refractivity contribution is 6.39. The molecular formula is C9H11Cl2N3. The molecule has 14 heavy (non-hydrogen) atoms. The van der Waals surface area contributed by atoms with E-state index in [1.807, 2.05) is 6.92 Å². The van der Waals surface area contributed by atoms with Crippen molar-refractivity contribution >= 4 is 34.8 Å². The lowest BCUT2D eigenvalue weighted by molar-refractivity contribution is 1.03. The smallest absolute Gasteiger partial charge is 0.193 e. The van der Waals surface area contributed by atoms with Crippen LogP contribution in [0, 0.1) is 5.41 Å². The summed E-state index contributed by atoms with van der Waals surface area (Å²) in [5.74, 6) is -0.0671. The zero-order chi connectivity index (χ0) is 10.7. The lowest BCUT2D eigenvalue weighted by atomic mass is 10.3. The van der Waals surface area contributed by atoms with Crippen LogP contribution in [0.1, 0.15) is 6.92 Å². The van der Waals surface area contributed by atoms with Gasteiger partial charge in [0.2, 0.25) is 0 Å². The summed E-state index contributed by atoms with van der Waals surface area (Å²) in [4.78, 5) is 1.55. The number of para-hydroxylation sites is 1. The Balaban J connectivity index is 3.22. The lowest BCUT2D eigenvalue weighted by Crippen LogP contribution is -2.36. The van der Waals surface area contributed by atoms with E-state index in [9.17, 15) is 0 Å². The molecule has 0 fully saturated rings. The summed E-state index contributed by atoms with van der Waals surface area (Å²) in [7, 11) is 0. The third-order valence-electron chi connectivity index (χ3n) is 1.81. The Morgan fingerprint density at radius 1 is 1.43 bits per heavy atom. The van der Waals surface area contributed by atoms with Gasteiger partial charge in [0.25, 0.3) is 0 Å². The first-order valence-electron chi connectivity index (χ1n) is 4.13. The molecule has 3 nitrogen and oxygen atoms in total. The Bertz CT molecular complexity index is 332. The summed E-state index contributed by atoms with van der Waals surface area (Å²) < 4.78 is 0. The van der Waals surface area contributed by atoms with Gasteiger partial charge in [-0.05, 0) is 19.1 Å². The molecule has 3 N–H and O–H groups in total. The Kier molecular flexibility index (Phi) is 3.61. The van der Waals surface area contributed by atoms with Gasteiger partial charge in [-0.1, -0.05) is 29.3 Å². The molecule has 1 aromatic rings. The lowest BCUT2D eigenvalue weighted by Gasteiger charge is -2.22. The summed E-state index contributed by atoms with van der Waals surface area (Å²) in [5.41, 5.74) is 6.00. The van der Waals surface area contributed by atoms with Crippen molar-refractivity contribution in [1.29, 1.82) is 5.41 Å². The SMILES string of the molecule is CCN(C(=N)N)c1c(Cl)cccc1Cl. The fourth-order valence-electron chi connectivity index (χ4n) is 1.20. The van der Waals surface area contributed by atoms with Crippen LogP contribution in [0.4, 0.5) is 5.69 Å². The number of hydrogen-bond acceptors (Lipinski definition) is 1. The van der Waals surface area contributed by atoms with Gasteiger partial charge in [0.1, 0.15) is 0 Å². The van der Waals surface area contributed by atoms with Crippen molar-refractivity contribution in [2.75, 3.05) is 11.4 Å². The quantitative estimate of drug-likeness (QED) is 0.608.